The topological polar surface area (TPSA) is 101 Å². The van der Waals surface area contributed by atoms with Crippen LogP contribution in [-0.4, -0.2) is 41.3 Å². The van der Waals surface area contributed by atoms with Crippen molar-refractivity contribution in [2.24, 2.45) is 5.41 Å². The van der Waals surface area contributed by atoms with Crippen molar-refractivity contribution in [1.29, 1.82) is 0 Å². The lowest BCUT2D eigenvalue weighted by atomic mass is 9.73. The van der Waals surface area contributed by atoms with Crippen LogP contribution in [0.2, 0.25) is 0 Å². The molecule has 144 valence electrons. The lowest BCUT2D eigenvalue weighted by molar-refractivity contribution is -0.385. The Morgan fingerprint density at radius 1 is 1.35 bits per heavy atom. The monoisotopic (exact) mass is 366 g/mol. The van der Waals surface area contributed by atoms with E-state index in [9.17, 15) is 14.9 Å². The number of rotatable bonds is 6. The van der Waals surface area contributed by atoms with E-state index in [-0.39, 0.29) is 17.8 Å². The molecule has 1 saturated carbocycles. The van der Waals surface area contributed by atoms with Gasteiger partial charge in [0.1, 0.15) is 17.9 Å². The fourth-order valence-corrected chi connectivity index (χ4v) is 3.05. The van der Waals surface area contributed by atoms with Crippen LogP contribution in [0.4, 0.5) is 5.69 Å². The largest absolute Gasteiger partial charge is 0.474 e. The Balaban J connectivity index is 1.98. The fraction of sp³-hybridized carbons (Fsp3) is 0.667. The Hall–Kier alpha value is -2.22. The highest BCUT2D eigenvalue weighted by Gasteiger charge is 2.45. The van der Waals surface area contributed by atoms with Crippen LogP contribution in [0.5, 0.6) is 5.88 Å². The van der Waals surface area contributed by atoms with E-state index in [2.05, 4.69) is 4.98 Å². The van der Waals surface area contributed by atoms with Gasteiger partial charge in [0.25, 0.3) is 5.69 Å². The van der Waals surface area contributed by atoms with E-state index in [1.807, 2.05) is 20.8 Å². The molecule has 1 aromatic heterocycles. The summed E-state index contributed by atoms with van der Waals surface area (Å²) in [5.74, 6) is 0.107. The van der Waals surface area contributed by atoms with E-state index < -0.39 is 15.9 Å². The van der Waals surface area contributed by atoms with E-state index in [4.69, 9.17) is 14.2 Å². The number of ether oxygens (including phenoxy) is 3. The minimum atomic E-state index is -0.662. The molecule has 1 heterocycles. The number of hydrogen-bond acceptors (Lipinski definition) is 7. The molecule has 0 amide bonds. The zero-order valence-electron chi connectivity index (χ0n) is 15.7. The second-order valence-electron chi connectivity index (χ2n) is 7.64. The van der Waals surface area contributed by atoms with Gasteiger partial charge in [0.2, 0.25) is 5.88 Å². The van der Waals surface area contributed by atoms with Gasteiger partial charge < -0.3 is 14.2 Å². The van der Waals surface area contributed by atoms with E-state index >= 15 is 0 Å². The Labute approximate surface area is 153 Å². The summed E-state index contributed by atoms with van der Waals surface area (Å²) in [6.07, 6.45) is 3.56. The van der Waals surface area contributed by atoms with Crippen molar-refractivity contribution in [3.05, 3.63) is 28.4 Å². The zero-order valence-corrected chi connectivity index (χ0v) is 15.7. The number of nitrogens with zero attached hydrogens (tertiary/aromatic N) is 2. The highest BCUT2D eigenvalue weighted by Crippen LogP contribution is 2.40. The van der Waals surface area contributed by atoms with Crippen LogP contribution in [0.25, 0.3) is 0 Å². The molecule has 8 heteroatoms. The van der Waals surface area contributed by atoms with Gasteiger partial charge in [-0.2, -0.15) is 0 Å². The molecule has 0 aromatic carbocycles. The van der Waals surface area contributed by atoms with Gasteiger partial charge in [-0.05, 0) is 46.5 Å². The third-order valence-electron chi connectivity index (χ3n) is 4.36. The Kier molecular flexibility index (Phi) is 6.17. The molecule has 2 rings (SSSR count). The zero-order chi connectivity index (χ0) is 19.4. The summed E-state index contributed by atoms with van der Waals surface area (Å²) in [4.78, 5) is 26.8. The summed E-state index contributed by atoms with van der Waals surface area (Å²) < 4.78 is 16.7. The summed E-state index contributed by atoms with van der Waals surface area (Å²) in [6.45, 7) is 5.85. The first-order valence-corrected chi connectivity index (χ1v) is 8.65. The van der Waals surface area contributed by atoms with Crippen molar-refractivity contribution in [3.63, 3.8) is 0 Å². The van der Waals surface area contributed by atoms with Gasteiger partial charge in [-0.3, -0.25) is 14.9 Å². The maximum atomic E-state index is 12.7. The predicted octanol–water partition coefficient (Wildman–Crippen LogP) is 3.29. The van der Waals surface area contributed by atoms with Crippen molar-refractivity contribution in [2.45, 2.75) is 58.2 Å². The average molecular weight is 366 g/mol. The molecule has 0 saturated heterocycles. The molecule has 0 bridgehead atoms. The Bertz CT molecular complexity index is 630. The van der Waals surface area contributed by atoms with Crippen LogP contribution in [-0.2, 0) is 14.3 Å². The van der Waals surface area contributed by atoms with Crippen LogP contribution in [0.3, 0.4) is 0 Å². The number of methoxy groups -OCH3 is 1. The first kappa shape index (κ1) is 20.1. The molecule has 1 aliphatic rings. The molecule has 1 aromatic rings. The van der Waals surface area contributed by atoms with Crippen LogP contribution in [0, 0.1) is 15.5 Å². The maximum Gasteiger partial charge on any atom is 0.314 e. The predicted molar refractivity (Wildman–Crippen MR) is 93.9 cm³/mol. The molecular weight excluding hydrogens is 340 g/mol. The van der Waals surface area contributed by atoms with Gasteiger partial charge in [0.15, 0.2) is 0 Å². The van der Waals surface area contributed by atoms with E-state index in [1.165, 1.54) is 18.3 Å². The molecule has 0 radical (unpaired) electrons. The molecule has 0 spiro atoms. The van der Waals surface area contributed by atoms with Crippen molar-refractivity contribution in [2.75, 3.05) is 13.7 Å². The summed E-state index contributed by atoms with van der Waals surface area (Å²) >= 11 is 0. The summed E-state index contributed by atoms with van der Waals surface area (Å²) in [7, 11) is 1.58. The molecule has 0 N–H and O–H groups in total. The maximum absolute atomic E-state index is 12.7. The van der Waals surface area contributed by atoms with Crippen LogP contribution >= 0.6 is 0 Å². The van der Waals surface area contributed by atoms with Crippen molar-refractivity contribution < 1.29 is 23.9 Å². The first-order chi connectivity index (χ1) is 12.1. The Morgan fingerprint density at radius 2 is 2.00 bits per heavy atom. The molecule has 1 fully saturated rings. The minimum absolute atomic E-state index is 0.0787. The third kappa shape index (κ3) is 5.14. The number of aromatic nitrogens is 1. The van der Waals surface area contributed by atoms with Crippen molar-refractivity contribution >= 4 is 11.7 Å². The lowest BCUT2D eigenvalue weighted by Crippen LogP contribution is -2.45. The van der Waals surface area contributed by atoms with Crippen molar-refractivity contribution in [1.82, 2.24) is 4.98 Å². The number of carbonyl (C=O) groups is 1. The molecular formula is C18H26N2O6. The second kappa shape index (κ2) is 7.99. The standard InChI is InChI=1S/C18H26N2O6/c1-17(2,3)26-16(21)18(12-24-4)9-7-14(8-10-18)25-15-6-5-13(11-19-15)20(22)23/h5-6,11,14H,7-10,12H2,1-4H3/t14-,18-. The average Bonchev–Trinajstić information content (AvgIpc) is 2.56. The number of pyridine rings is 1. The number of hydrogen-bond donors (Lipinski definition) is 0. The highest BCUT2D eigenvalue weighted by molar-refractivity contribution is 5.77. The van der Waals surface area contributed by atoms with Gasteiger partial charge in [-0.25, -0.2) is 4.98 Å². The molecule has 0 unspecified atom stereocenters. The summed E-state index contributed by atoms with van der Waals surface area (Å²) in [5.41, 5.74) is -1.29. The lowest BCUT2D eigenvalue weighted by Gasteiger charge is -2.39. The Morgan fingerprint density at radius 3 is 2.46 bits per heavy atom. The minimum Gasteiger partial charge on any atom is -0.474 e. The van der Waals surface area contributed by atoms with E-state index in [1.54, 1.807) is 7.11 Å². The quantitative estimate of drug-likeness (QED) is 0.432. The smallest absolute Gasteiger partial charge is 0.314 e. The van der Waals surface area contributed by atoms with Gasteiger partial charge in [0, 0.05) is 19.2 Å². The summed E-state index contributed by atoms with van der Waals surface area (Å²) in [5, 5.41) is 10.7. The van der Waals surface area contributed by atoms with E-state index in [0.29, 0.717) is 38.2 Å². The third-order valence-corrected chi connectivity index (χ3v) is 4.36. The fourth-order valence-electron chi connectivity index (χ4n) is 3.05. The number of carbonyl (C=O) groups excluding carboxylic acids is 1. The van der Waals surface area contributed by atoms with Gasteiger partial charge in [0.05, 0.1) is 16.9 Å². The second-order valence-corrected chi connectivity index (χ2v) is 7.64. The molecule has 0 atom stereocenters. The SMILES string of the molecule is COC[C@]1(C(=O)OC(C)(C)C)CC[C@H](Oc2ccc([N+](=O)[O-])cn2)CC1. The van der Waals surface area contributed by atoms with Crippen LogP contribution < -0.4 is 4.74 Å². The van der Waals surface area contributed by atoms with Crippen molar-refractivity contribution in [3.8, 4) is 5.88 Å². The van der Waals surface area contributed by atoms with E-state index in [0.717, 1.165) is 0 Å². The van der Waals surface area contributed by atoms with Gasteiger partial charge in [-0.15, -0.1) is 0 Å². The number of esters is 1. The molecule has 1 aliphatic carbocycles. The normalized spacial score (nSPS) is 23.3. The molecule has 26 heavy (non-hydrogen) atoms. The first-order valence-electron chi connectivity index (χ1n) is 8.65. The molecule has 0 aliphatic heterocycles. The van der Waals surface area contributed by atoms with Gasteiger partial charge >= 0.3 is 5.97 Å². The highest BCUT2D eigenvalue weighted by atomic mass is 16.6. The number of nitro groups is 1. The van der Waals surface area contributed by atoms with Gasteiger partial charge in [-0.1, -0.05) is 0 Å². The summed E-state index contributed by atoms with van der Waals surface area (Å²) in [6, 6.07) is 2.85. The van der Waals surface area contributed by atoms with Crippen LogP contribution in [0.15, 0.2) is 18.3 Å². The molecule has 8 nitrogen and oxygen atoms in total. The van der Waals surface area contributed by atoms with Crippen LogP contribution in [0.1, 0.15) is 46.5 Å².